The molecule has 0 N–H and O–H groups in total. The lowest BCUT2D eigenvalue weighted by molar-refractivity contribution is 0.246. The molecule has 1 saturated heterocycles. The molecular weight excluding hydrogens is 330 g/mol. The van der Waals surface area contributed by atoms with Crippen molar-refractivity contribution in [2.45, 2.75) is 25.4 Å². The van der Waals surface area contributed by atoms with Gasteiger partial charge in [-0.05, 0) is 43.7 Å². The van der Waals surface area contributed by atoms with Gasteiger partial charge in [0.2, 0.25) is 0 Å². The molecule has 0 amide bonds. The first-order valence-corrected chi connectivity index (χ1v) is 9.40. The molecule has 3 aromatic rings. The summed E-state index contributed by atoms with van der Waals surface area (Å²) in [5, 5.41) is 1.01. The molecular formula is C20H21N3OS. The van der Waals surface area contributed by atoms with E-state index < -0.39 is 0 Å². The molecule has 0 bridgehead atoms. The SMILES string of the molecule is COc1ccccc1-c1ncc(CN2CCC[C@@H]2c2ccccn2)s1. The van der Waals surface area contributed by atoms with Crippen LogP contribution in [-0.2, 0) is 6.54 Å². The van der Waals surface area contributed by atoms with Gasteiger partial charge in [-0.3, -0.25) is 9.88 Å². The molecule has 4 nitrogen and oxygen atoms in total. The maximum atomic E-state index is 5.47. The van der Waals surface area contributed by atoms with Crippen molar-refractivity contribution in [2.24, 2.45) is 0 Å². The zero-order chi connectivity index (χ0) is 17.1. The second-order valence-corrected chi connectivity index (χ2v) is 7.33. The Balaban J connectivity index is 1.53. The van der Waals surface area contributed by atoms with Gasteiger partial charge in [-0.1, -0.05) is 18.2 Å². The summed E-state index contributed by atoms with van der Waals surface area (Å²) in [6.45, 7) is 2.04. The second-order valence-electron chi connectivity index (χ2n) is 6.22. The summed E-state index contributed by atoms with van der Waals surface area (Å²) in [6, 6.07) is 14.7. The summed E-state index contributed by atoms with van der Waals surface area (Å²) in [4.78, 5) is 13.0. The number of methoxy groups -OCH3 is 1. The fourth-order valence-electron chi connectivity index (χ4n) is 3.45. The lowest BCUT2D eigenvalue weighted by Gasteiger charge is -2.23. The van der Waals surface area contributed by atoms with E-state index in [-0.39, 0.29) is 0 Å². The zero-order valence-electron chi connectivity index (χ0n) is 14.3. The van der Waals surface area contributed by atoms with Gasteiger partial charge in [0.05, 0.1) is 24.4 Å². The smallest absolute Gasteiger partial charge is 0.129 e. The number of para-hydroxylation sites is 1. The van der Waals surface area contributed by atoms with E-state index in [1.54, 1.807) is 18.4 Å². The average Bonchev–Trinajstić information content (AvgIpc) is 3.32. The maximum Gasteiger partial charge on any atom is 0.129 e. The molecule has 0 spiro atoms. The van der Waals surface area contributed by atoms with Crippen LogP contribution in [0.1, 0.15) is 29.5 Å². The second kappa shape index (κ2) is 7.33. The van der Waals surface area contributed by atoms with Crippen LogP contribution in [0.4, 0.5) is 0 Å². The number of pyridine rings is 1. The van der Waals surface area contributed by atoms with Gasteiger partial charge in [0.1, 0.15) is 10.8 Å². The van der Waals surface area contributed by atoms with Crippen molar-refractivity contribution in [2.75, 3.05) is 13.7 Å². The highest BCUT2D eigenvalue weighted by Gasteiger charge is 2.27. The summed E-state index contributed by atoms with van der Waals surface area (Å²) < 4.78 is 5.47. The van der Waals surface area contributed by atoms with Crippen molar-refractivity contribution in [3.8, 4) is 16.3 Å². The summed E-state index contributed by atoms with van der Waals surface area (Å²) >= 11 is 1.75. The fourth-order valence-corrected chi connectivity index (χ4v) is 4.42. The van der Waals surface area contributed by atoms with Crippen LogP contribution in [0.2, 0.25) is 0 Å². The van der Waals surface area contributed by atoms with Gasteiger partial charge in [-0.2, -0.15) is 0 Å². The number of benzene rings is 1. The van der Waals surface area contributed by atoms with E-state index in [2.05, 4.69) is 33.1 Å². The Morgan fingerprint density at radius 3 is 2.88 bits per heavy atom. The van der Waals surface area contributed by atoms with Crippen LogP contribution in [0.15, 0.2) is 54.9 Å². The molecule has 128 valence electrons. The first kappa shape index (κ1) is 16.2. The molecule has 5 heteroatoms. The zero-order valence-corrected chi connectivity index (χ0v) is 15.1. The van der Waals surface area contributed by atoms with Gasteiger partial charge >= 0.3 is 0 Å². The van der Waals surface area contributed by atoms with E-state index in [1.807, 2.05) is 36.7 Å². The van der Waals surface area contributed by atoms with E-state index >= 15 is 0 Å². The third-order valence-electron chi connectivity index (χ3n) is 4.64. The highest BCUT2D eigenvalue weighted by molar-refractivity contribution is 7.15. The quantitative estimate of drug-likeness (QED) is 0.676. The predicted octanol–water partition coefficient (Wildman–Crippen LogP) is 4.55. The van der Waals surface area contributed by atoms with Gasteiger partial charge in [0.15, 0.2) is 0 Å². The number of thiazole rings is 1. The topological polar surface area (TPSA) is 38.2 Å². The fraction of sp³-hybridized carbons (Fsp3) is 0.300. The van der Waals surface area contributed by atoms with Gasteiger partial charge in [0, 0.05) is 23.8 Å². The third-order valence-corrected chi connectivity index (χ3v) is 5.66. The van der Waals surface area contributed by atoms with Crippen molar-refractivity contribution < 1.29 is 4.74 Å². The Kier molecular flexibility index (Phi) is 4.76. The number of aromatic nitrogens is 2. The van der Waals surface area contributed by atoms with E-state index in [1.165, 1.54) is 23.4 Å². The number of likely N-dealkylation sites (tertiary alicyclic amines) is 1. The van der Waals surface area contributed by atoms with Crippen molar-refractivity contribution in [1.82, 2.24) is 14.9 Å². The van der Waals surface area contributed by atoms with E-state index in [0.717, 1.165) is 29.4 Å². The number of hydrogen-bond donors (Lipinski definition) is 0. The standard InChI is InChI=1S/C20H21N3OS/c1-24-19-10-3-2-7-16(19)20-22-13-15(25-20)14-23-12-6-9-18(23)17-8-4-5-11-21-17/h2-5,7-8,10-11,13,18H,6,9,12,14H2,1H3/t18-/m1/s1. The minimum absolute atomic E-state index is 0.415. The minimum atomic E-state index is 0.415. The van der Waals surface area contributed by atoms with Crippen LogP contribution in [0.5, 0.6) is 5.75 Å². The number of rotatable bonds is 5. The van der Waals surface area contributed by atoms with Crippen LogP contribution in [0, 0.1) is 0 Å². The van der Waals surface area contributed by atoms with Gasteiger partial charge in [0.25, 0.3) is 0 Å². The Hall–Kier alpha value is -2.24. The lowest BCUT2D eigenvalue weighted by Crippen LogP contribution is -2.22. The molecule has 2 aromatic heterocycles. The van der Waals surface area contributed by atoms with Crippen LogP contribution < -0.4 is 4.74 Å². The third kappa shape index (κ3) is 3.43. The molecule has 1 aliphatic heterocycles. The molecule has 1 atom stereocenters. The van der Waals surface area contributed by atoms with Gasteiger partial charge < -0.3 is 4.74 Å². The molecule has 3 heterocycles. The molecule has 1 aromatic carbocycles. The summed E-state index contributed by atoms with van der Waals surface area (Å²) in [5.74, 6) is 0.871. The number of hydrogen-bond acceptors (Lipinski definition) is 5. The molecule has 0 aliphatic carbocycles. The van der Waals surface area contributed by atoms with Crippen molar-refractivity contribution in [3.05, 3.63) is 65.4 Å². The molecule has 1 fully saturated rings. The molecule has 0 radical (unpaired) electrons. The monoisotopic (exact) mass is 351 g/mol. The van der Waals surface area contributed by atoms with E-state index in [4.69, 9.17) is 4.74 Å². The van der Waals surface area contributed by atoms with E-state index in [0.29, 0.717) is 6.04 Å². The number of nitrogens with zero attached hydrogens (tertiary/aromatic N) is 3. The molecule has 1 aliphatic rings. The van der Waals surface area contributed by atoms with Gasteiger partial charge in [-0.15, -0.1) is 11.3 Å². The van der Waals surface area contributed by atoms with Crippen LogP contribution in [0.3, 0.4) is 0 Å². The van der Waals surface area contributed by atoms with E-state index in [9.17, 15) is 0 Å². The molecule has 0 saturated carbocycles. The number of ether oxygens (including phenoxy) is 1. The summed E-state index contributed by atoms with van der Waals surface area (Å²) in [5.41, 5.74) is 2.23. The normalized spacial score (nSPS) is 17.7. The largest absolute Gasteiger partial charge is 0.496 e. The van der Waals surface area contributed by atoms with Gasteiger partial charge in [-0.25, -0.2) is 4.98 Å². The highest BCUT2D eigenvalue weighted by Crippen LogP contribution is 2.36. The lowest BCUT2D eigenvalue weighted by atomic mass is 10.1. The first-order valence-electron chi connectivity index (χ1n) is 8.58. The van der Waals surface area contributed by atoms with Crippen LogP contribution >= 0.6 is 11.3 Å². The maximum absolute atomic E-state index is 5.47. The average molecular weight is 351 g/mol. The predicted molar refractivity (Wildman–Crippen MR) is 101 cm³/mol. The minimum Gasteiger partial charge on any atom is -0.496 e. The Labute approximate surface area is 152 Å². The first-order chi connectivity index (χ1) is 12.3. The molecule has 4 rings (SSSR count). The highest BCUT2D eigenvalue weighted by atomic mass is 32.1. The van der Waals surface area contributed by atoms with Crippen LogP contribution in [0.25, 0.3) is 10.6 Å². The summed E-state index contributed by atoms with van der Waals surface area (Å²) in [7, 11) is 1.70. The Bertz CT molecular complexity index is 834. The summed E-state index contributed by atoms with van der Waals surface area (Å²) in [6.07, 6.45) is 6.28. The Morgan fingerprint density at radius 2 is 2.04 bits per heavy atom. The van der Waals surface area contributed by atoms with Crippen molar-refractivity contribution in [1.29, 1.82) is 0 Å². The Morgan fingerprint density at radius 1 is 1.16 bits per heavy atom. The molecule has 25 heavy (non-hydrogen) atoms. The van der Waals surface area contributed by atoms with Crippen molar-refractivity contribution in [3.63, 3.8) is 0 Å². The van der Waals surface area contributed by atoms with Crippen molar-refractivity contribution >= 4 is 11.3 Å². The van der Waals surface area contributed by atoms with Crippen LogP contribution in [-0.4, -0.2) is 28.5 Å². The molecule has 0 unspecified atom stereocenters.